The molecule has 0 bridgehead atoms. The molecule has 1 aromatic rings. The van der Waals surface area contributed by atoms with Crippen LogP contribution in [0.1, 0.15) is 37.7 Å². The lowest BCUT2D eigenvalue weighted by atomic mass is 10.2. The lowest BCUT2D eigenvalue weighted by Crippen LogP contribution is -2.35. The van der Waals surface area contributed by atoms with E-state index in [2.05, 4.69) is 40.7 Å². The monoisotopic (exact) mass is 260 g/mol. The molecule has 104 valence electrons. The van der Waals surface area contributed by atoms with Crippen molar-refractivity contribution >= 4 is 0 Å². The lowest BCUT2D eigenvalue weighted by molar-refractivity contribution is -0.0382. The fraction of sp³-hybridized carbons (Fsp3) is 0.625. The number of likely N-dealkylation sites (tertiary alicyclic amines) is 1. The van der Waals surface area contributed by atoms with E-state index in [9.17, 15) is 0 Å². The average Bonchev–Trinajstić information content (AvgIpc) is 3.09. The molecule has 3 heteroatoms. The highest BCUT2D eigenvalue weighted by Crippen LogP contribution is 2.21. The van der Waals surface area contributed by atoms with Crippen molar-refractivity contribution in [2.75, 3.05) is 13.1 Å². The molecule has 1 N–H and O–H groups in total. The molecule has 19 heavy (non-hydrogen) atoms. The first-order chi connectivity index (χ1) is 9.40. The van der Waals surface area contributed by atoms with E-state index in [1.807, 2.05) is 0 Å². The molecule has 1 heterocycles. The van der Waals surface area contributed by atoms with Crippen LogP contribution in [-0.4, -0.2) is 30.1 Å². The van der Waals surface area contributed by atoms with Crippen molar-refractivity contribution in [1.82, 2.24) is 10.4 Å². The predicted molar refractivity (Wildman–Crippen MR) is 76.6 cm³/mol. The number of hydroxylamine groups is 1. The van der Waals surface area contributed by atoms with Crippen LogP contribution in [0.2, 0.25) is 0 Å². The summed E-state index contributed by atoms with van der Waals surface area (Å²) in [5.74, 6) is 0. The van der Waals surface area contributed by atoms with Gasteiger partial charge in [-0.2, -0.15) is 5.48 Å². The van der Waals surface area contributed by atoms with Gasteiger partial charge in [0.2, 0.25) is 0 Å². The van der Waals surface area contributed by atoms with Gasteiger partial charge in [0, 0.05) is 25.7 Å². The Morgan fingerprint density at radius 1 is 1.11 bits per heavy atom. The molecule has 1 saturated heterocycles. The van der Waals surface area contributed by atoms with E-state index in [1.54, 1.807) is 0 Å². The molecule has 1 unspecified atom stereocenters. The van der Waals surface area contributed by atoms with Gasteiger partial charge in [-0.1, -0.05) is 43.2 Å². The summed E-state index contributed by atoms with van der Waals surface area (Å²) < 4.78 is 0. The topological polar surface area (TPSA) is 24.5 Å². The highest BCUT2D eigenvalue weighted by molar-refractivity contribution is 5.14. The van der Waals surface area contributed by atoms with Gasteiger partial charge in [0.05, 0.1) is 6.10 Å². The summed E-state index contributed by atoms with van der Waals surface area (Å²) in [5.41, 5.74) is 4.70. The molecule has 3 rings (SSSR count). The van der Waals surface area contributed by atoms with Crippen LogP contribution < -0.4 is 5.48 Å². The largest absolute Gasteiger partial charge is 0.298 e. The summed E-state index contributed by atoms with van der Waals surface area (Å²) >= 11 is 0. The molecule has 1 saturated carbocycles. The van der Waals surface area contributed by atoms with Gasteiger partial charge in [-0.15, -0.1) is 0 Å². The van der Waals surface area contributed by atoms with E-state index in [4.69, 9.17) is 4.84 Å². The number of hydrogen-bond acceptors (Lipinski definition) is 3. The van der Waals surface area contributed by atoms with Crippen LogP contribution in [0.25, 0.3) is 0 Å². The van der Waals surface area contributed by atoms with Gasteiger partial charge in [0.1, 0.15) is 0 Å². The van der Waals surface area contributed by atoms with Crippen molar-refractivity contribution in [2.24, 2.45) is 0 Å². The zero-order valence-electron chi connectivity index (χ0n) is 11.6. The van der Waals surface area contributed by atoms with E-state index in [0.717, 1.165) is 13.1 Å². The number of benzene rings is 1. The third-order valence-electron chi connectivity index (χ3n) is 4.22. The Morgan fingerprint density at radius 3 is 2.68 bits per heavy atom. The van der Waals surface area contributed by atoms with Crippen molar-refractivity contribution < 1.29 is 4.84 Å². The number of hydrogen-bond donors (Lipinski definition) is 1. The maximum absolute atomic E-state index is 5.81. The van der Waals surface area contributed by atoms with Crippen LogP contribution in [0.5, 0.6) is 0 Å². The second-order valence-electron chi connectivity index (χ2n) is 5.85. The molecule has 0 amide bonds. The summed E-state index contributed by atoms with van der Waals surface area (Å²) in [4.78, 5) is 8.31. The summed E-state index contributed by atoms with van der Waals surface area (Å²) in [6.45, 7) is 3.32. The van der Waals surface area contributed by atoms with E-state index in [1.165, 1.54) is 44.2 Å². The molecule has 0 spiro atoms. The molecule has 0 radical (unpaired) electrons. The zero-order chi connectivity index (χ0) is 12.9. The van der Waals surface area contributed by atoms with Gasteiger partial charge in [0.15, 0.2) is 0 Å². The Balaban J connectivity index is 1.40. The standard InChI is InChI=1S/C16H24N2O/c1-2-6-14(7-3-1)12-18-11-10-15(13-18)17-19-16-8-4-5-9-16/h1-3,6-7,15-17H,4-5,8-13H2. The lowest BCUT2D eigenvalue weighted by Gasteiger charge is -2.18. The molecule has 1 aliphatic carbocycles. The van der Waals surface area contributed by atoms with Crippen LogP contribution in [0.15, 0.2) is 30.3 Å². The Hall–Kier alpha value is -0.900. The number of nitrogens with zero attached hydrogens (tertiary/aromatic N) is 1. The third-order valence-corrected chi connectivity index (χ3v) is 4.22. The quantitative estimate of drug-likeness (QED) is 0.824. The minimum absolute atomic E-state index is 0.461. The second kappa shape index (κ2) is 6.51. The molecule has 1 atom stereocenters. The second-order valence-corrected chi connectivity index (χ2v) is 5.85. The Labute approximate surface area is 115 Å². The van der Waals surface area contributed by atoms with Crippen molar-refractivity contribution in [3.63, 3.8) is 0 Å². The molecule has 2 aliphatic rings. The maximum atomic E-state index is 5.81. The van der Waals surface area contributed by atoms with Gasteiger partial charge in [-0.05, 0) is 24.8 Å². The van der Waals surface area contributed by atoms with Gasteiger partial charge in [-0.3, -0.25) is 9.74 Å². The number of nitrogens with one attached hydrogen (secondary N) is 1. The summed E-state index contributed by atoms with van der Waals surface area (Å²) in [7, 11) is 0. The molecule has 0 aromatic heterocycles. The Morgan fingerprint density at radius 2 is 1.89 bits per heavy atom. The van der Waals surface area contributed by atoms with Crippen molar-refractivity contribution in [1.29, 1.82) is 0 Å². The molecular formula is C16H24N2O. The van der Waals surface area contributed by atoms with Crippen molar-refractivity contribution in [3.8, 4) is 0 Å². The normalized spacial score (nSPS) is 25.2. The Bertz CT molecular complexity index is 376. The predicted octanol–water partition coefficient (Wildman–Crippen LogP) is 2.72. The number of rotatable bonds is 5. The maximum Gasteiger partial charge on any atom is 0.0790 e. The van der Waals surface area contributed by atoms with E-state index < -0.39 is 0 Å². The first kappa shape index (κ1) is 13.1. The van der Waals surface area contributed by atoms with Gasteiger partial charge < -0.3 is 0 Å². The average molecular weight is 260 g/mol. The molecule has 1 aromatic carbocycles. The van der Waals surface area contributed by atoms with Crippen LogP contribution in [0.3, 0.4) is 0 Å². The van der Waals surface area contributed by atoms with Crippen LogP contribution >= 0.6 is 0 Å². The third kappa shape index (κ3) is 3.78. The van der Waals surface area contributed by atoms with Gasteiger partial charge in [0.25, 0.3) is 0 Å². The minimum atomic E-state index is 0.461. The fourth-order valence-corrected chi connectivity index (χ4v) is 3.11. The van der Waals surface area contributed by atoms with Gasteiger partial charge >= 0.3 is 0 Å². The zero-order valence-corrected chi connectivity index (χ0v) is 11.6. The van der Waals surface area contributed by atoms with Crippen molar-refractivity contribution in [2.45, 2.75) is 50.8 Å². The molecule has 1 aliphatic heterocycles. The highest BCUT2D eigenvalue weighted by atomic mass is 16.7. The molecule has 3 nitrogen and oxygen atoms in total. The van der Waals surface area contributed by atoms with Crippen LogP contribution in [0.4, 0.5) is 0 Å². The van der Waals surface area contributed by atoms with Crippen molar-refractivity contribution in [3.05, 3.63) is 35.9 Å². The smallest absolute Gasteiger partial charge is 0.0790 e. The fourth-order valence-electron chi connectivity index (χ4n) is 3.11. The summed E-state index contributed by atoms with van der Waals surface area (Å²) in [6, 6.07) is 11.2. The van der Waals surface area contributed by atoms with E-state index >= 15 is 0 Å². The Kier molecular flexibility index (Phi) is 4.49. The van der Waals surface area contributed by atoms with Crippen LogP contribution in [0, 0.1) is 0 Å². The SMILES string of the molecule is c1ccc(CN2CCC(NOC3CCCC3)C2)cc1. The molecule has 2 fully saturated rings. The highest BCUT2D eigenvalue weighted by Gasteiger charge is 2.24. The van der Waals surface area contributed by atoms with Crippen LogP contribution in [-0.2, 0) is 11.4 Å². The van der Waals surface area contributed by atoms with Gasteiger partial charge in [-0.25, -0.2) is 0 Å². The van der Waals surface area contributed by atoms with E-state index in [0.29, 0.717) is 12.1 Å². The molecular weight excluding hydrogens is 236 g/mol. The first-order valence-corrected chi connectivity index (χ1v) is 7.57. The summed E-state index contributed by atoms with van der Waals surface area (Å²) in [6.07, 6.45) is 6.78. The minimum Gasteiger partial charge on any atom is -0.298 e. The van der Waals surface area contributed by atoms with E-state index in [-0.39, 0.29) is 0 Å². The summed E-state index contributed by atoms with van der Waals surface area (Å²) in [5, 5.41) is 0. The first-order valence-electron chi connectivity index (χ1n) is 7.57.